The average molecular weight is 315 g/mol. The average Bonchev–Trinajstić information content (AvgIpc) is 2.97. The number of hydrogen-bond donors (Lipinski definition) is 0. The monoisotopic (exact) mass is 314 g/mol. The van der Waals surface area contributed by atoms with Crippen LogP contribution in [0.3, 0.4) is 0 Å². The van der Waals surface area contributed by atoms with Gasteiger partial charge in [0.2, 0.25) is 5.13 Å². The highest BCUT2D eigenvalue weighted by Gasteiger charge is 2.16. The van der Waals surface area contributed by atoms with Gasteiger partial charge in [0.25, 0.3) is 0 Å². The molecule has 0 N–H and O–H groups in total. The zero-order chi connectivity index (χ0) is 14.0. The molecule has 7 heteroatoms. The molecule has 0 aromatic carbocycles. The van der Waals surface area contributed by atoms with E-state index < -0.39 is 0 Å². The largest absolute Gasteiger partial charge is 0.347 e. The molecule has 0 aliphatic rings. The van der Waals surface area contributed by atoms with Crippen molar-refractivity contribution in [1.82, 2.24) is 14.8 Å². The summed E-state index contributed by atoms with van der Waals surface area (Å²) >= 11 is 8.57. The number of aromatic nitrogens is 3. The summed E-state index contributed by atoms with van der Waals surface area (Å²) in [5.41, 5.74) is 1.16. The van der Waals surface area contributed by atoms with Gasteiger partial charge >= 0.3 is 0 Å². The highest BCUT2D eigenvalue weighted by Crippen LogP contribution is 2.34. The van der Waals surface area contributed by atoms with E-state index in [0.717, 1.165) is 44.2 Å². The van der Waals surface area contributed by atoms with Gasteiger partial charge in [0.05, 0.1) is 4.88 Å². The van der Waals surface area contributed by atoms with Gasteiger partial charge in [-0.1, -0.05) is 18.3 Å². The molecule has 0 atom stereocenters. The minimum Gasteiger partial charge on any atom is -0.347 e. The second-order valence-electron chi connectivity index (χ2n) is 4.31. The van der Waals surface area contributed by atoms with Gasteiger partial charge in [0.15, 0.2) is 8.96 Å². The van der Waals surface area contributed by atoms with E-state index in [1.807, 2.05) is 11.6 Å². The summed E-state index contributed by atoms with van der Waals surface area (Å²) in [6.45, 7) is 8.39. The minimum absolute atomic E-state index is 0.880. The topological polar surface area (TPSA) is 34.0 Å². The summed E-state index contributed by atoms with van der Waals surface area (Å²) in [5.74, 6) is 0. The van der Waals surface area contributed by atoms with Crippen molar-refractivity contribution in [3.8, 4) is 9.88 Å². The molecule has 2 heterocycles. The van der Waals surface area contributed by atoms with Gasteiger partial charge < -0.3 is 9.47 Å². The van der Waals surface area contributed by atoms with Gasteiger partial charge in [-0.3, -0.25) is 0 Å². The van der Waals surface area contributed by atoms with Crippen LogP contribution in [0.2, 0.25) is 0 Å². The predicted octanol–water partition coefficient (Wildman–Crippen LogP) is 3.88. The van der Waals surface area contributed by atoms with Gasteiger partial charge in [0.1, 0.15) is 0 Å². The first kappa shape index (κ1) is 14.6. The van der Waals surface area contributed by atoms with Crippen LogP contribution in [0.4, 0.5) is 5.13 Å². The molecule has 0 unspecified atom stereocenters. The fourth-order valence-electron chi connectivity index (χ4n) is 1.81. The van der Waals surface area contributed by atoms with Crippen LogP contribution in [0.15, 0.2) is 0 Å². The molecule has 0 aliphatic heterocycles. The third kappa shape index (κ3) is 2.88. The lowest BCUT2D eigenvalue weighted by atomic mass is 10.4. The summed E-state index contributed by atoms with van der Waals surface area (Å²) in [6, 6.07) is 0. The quantitative estimate of drug-likeness (QED) is 0.784. The van der Waals surface area contributed by atoms with Crippen molar-refractivity contribution >= 4 is 40.0 Å². The van der Waals surface area contributed by atoms with Crippen molar-refractivity contribution in [3.05, 3.63) is 9.65 Å². The molecular formula is C12H18N4S3. The number of hydrogen-bond acceptors (Lipinski definition) is 6. The molecule has 2 rings (SSSR count). The number of rotatable bonds is 5. The van der Waals surface area contributed by atoms with Crippen LogP contribution >= 0.6 is 34.9 Å². The Bertz CT molecular complexity index is 611. The van der Waals surface area contributed by atoms with E-state index in [1.54, 1.807) is 22.7 Å². The maximum Gasteiger partial charge on any atom is 0.208 e. The Morgan fingerprint density at radius 1 is 1.26 bits per heavy atom. The second-order valence-corrected chi connectivity index (χ2v) is 6.91. The Hall–Kier alpha value is -0.790. The molecular weight excluding hydrogens is 296 g/mol. The molecule has 2 aromatic rings. The highest BCUT2D eigenvalue weighted by molar-refractivity contribution is 7.73. The summed E-state index contributed by atoms with van der Waals surface area (Å²) in [4.78, 5) is 3.41. The van der Waals surface area contributed by atoms with Crippen LogP contribution in [-0.4, -0.2) is 27.9 Å². The maximum absolute atomic E-state index is 5.31. The molecule has 4 nitrogen and oxygen atoms in total. The Morgan fingerprint density at radius 2 is 2.00 bits per heavy atom. The fraction of sp³-hybridized carbons (Fsp3) is 0.583. The van der Waals surface area contributed by atoms with Gasteiger partial charge in [-0.05, 0) is 32.5 Å². The van der Waals surface area contributed by atoms with Crippen LogP contribution in [0.5, 0.6) is 0 Å². The third-order valence-corrected chi connectivity index (χ3v) is 5.85. The number of nitrogens with zero attached hydrogens (tertiary/aromatic N) is 4. The molecule has 0 radical (unpaired) electrons. The van der Waals surface area contributed by atoms with Crippen molar-refractivity contribution in [1.29, 1.82) is 0 Å². The van der Waals surface area contributed by atoms with E-state index in [-0.39, 0.29) is 0 Å². The first-order valence-corrected chi connectivity index (χ1v) is 8.37. The second kappa shape index (κ2) is 6.11. The summed E-state index contributed by atoms with van der Waals surface area (Å²) < 4.78 is 2.91. The standard InChI is InChI=1S/C12H18N4S3/c1-5-7-16(6-2)11-14-13-10(19-11)9-8(3)15(4)12(17)18-9/h5-7H2,1-4H3. The number of anilines is 1. The van der Waals surface area contributed by atoms with Crippen molar-refractivity contribution < 1.29 is 0 Å². The Balaban J connectivity index is 2.35. The fourth-order valence-corrected chi connectivity index (χ4v) is 4.24. The zero-order valence-corrected chi connectivity index (χ0v) is 14.1. The van der Waals surface area contributed by atoms with E-state index >= 15 is 0 Å². The van der Waals surface area contributed by atoms with Gasteiger partial charge in [-0.15, -0.1) is 21.5 Å². The Labute approximate surface area is 126 Å². The molecule has 0 saturated carbocycles. The van der Waals surface area contributed by atoms with Gasteiger partial charge in [-0.2, -0.15) is 0 Å². The van der Waals surface area contributed by atoms with Crippen molar-refractivity contribution in [2.45, 2.75) is 27.2 Å². The molecule has 0 amide bonds. The van der Waals surface area contributed by atoms with E-state index in [4.69, 9.17) is 12.2 Å². The van der Waals surface area contributed by atoms with Gasteiger partial charge in [0, 0.05) is 25.8 Å². The molecule has 0 saturated heterocycles. The number of thiazole rings is 1. The Morgan fingerprint density at radius 3 is 2.53 bits per heavy atom. The normalized spacial score (nSPS) is 10.9. The molecule has 0 aliphatic carbocycles. The summed E-state index contributed by atoms with van der Waals surface area (Å²) in [5, 5.41) is 10.6. The Kier molecular flexibility index (Phi) is 4.70. The lowest BCUT2D eigenvalue weighted by molar-refractivity contribution is 0.781. The molecule has 0 fully saturated rings. The van der Waals surface area contributed by atoms with E-state index in [9.17, 15) is 0 Å². The van der Waals surface area contributed by atoms with E-state index in [0.29, 0.717) is 0 Å². The lowest BCUT2D eigenvalue weighted by Crippen LogP contribution is -2.23. The van der Waals surface area contributed by atoms with Crippen molar-refractivity contribution in [2.75, 3.05) is 18.0 Å². The molecule has 0 spiro atoms. The highest BCUT2D eigenvalue weighted by atomic mass is 32.1. The summed E-state index contributed by atoms with van der Waals surface area (Å²) in [7, 11) is 2.00. The van der Waals surface area contributed by atoms with E-state index in [1.165, 1.54) is 0 Å². The molecule has 104 valence electrons. The zero-order valence-electron chi connectivity index (χ0n) is 11.6. The maximum atomic E-state index is 5.31. The third-order valence-electron chi connectivity index (χ3n) is 3.05. The van der Waals surface area contributed by atoms with Crippen molar-refractivity contribution in [3.63, 3.8) is 0 Å². The van der Waals surface area contributed by atoms with Gasteiger partial charge in [-0.25, -0.2) is 0 Å². The molecule has 2 aromatic heterocycles. The van der Waals surface area contributed by atoms with Crippen LogP contribution < -0.4 is 4.90 Å². The van der Waals surface area contributed by atoms with Crippen molar-refractivity contribution in [2.24, 2.45) is 7.05 Å². The van der Waals surface area contributed by atoms with Crippen LogP contribution in [0, 0.1) is 10.9 Å². The lowest BCUT2D eigenvalue weighted by Gasteiger charge is -2.17. The summed E-state index contributed by atoms with van der Waals surface area (Å²) in [6.07, 6.45) is 1.12. The predicted molar refractivity (Wildman–Crippen MR) is 85.9 cm³/mol. The first-order chi connectivity index (χ1) is 9.08. The molecule has 0 bridgehead atoms. The SMILES string of the molecule is CCCN(CC)c1nnc(-c2sc(=S)n(C)c2C)s1. The smallest absolute Gasteiger partial charge is 0.208 e. The van der Waals surface area contributed by atoms with Crippen LogP contribution in [0.1, 0.15) is 26.0 Å². The van der Waals surface area contributed by atoms with Crippen LogP contribution in [-0.2, 0) is 7.05 Å². The molecule has 19 heavy (non-hydrogen) atoms. The minimum atomic E-state index is 0.880. The first-order valence-electron chi connectivity index (χ1n) is 6.33. The van der Waals surface area contributed by atoms with E-state index in [2.05, 4.69) is 35.9 Å². The van der Waals surface area contributed by atoms with Crippen LogP contribution in [0.25, 0.3) is 9.88 Å².